The lowest BCUT2D eigenvalue weighted by molar-refractivity contribution is 0.0570. The van der Waals surface area contributed by atoms with Crippen LogP contribution in [0.25, 0.3) is 0 Å². The number of hydrogen-bond donors (Lipinski definition) is 2. The first kappa shape index (κ1) is 10.8. The van der Waals surface area contributed by atoms with E-state index >= 15 is 0 Å². The van der Waals surface area contributed by atoms with E-state index in [0.29, 0.717) is 6.42 Å². The van der Waals surface area contributed by atoms with Crippen LogP contribution in [0.5, 0.6) is 0 Å². The molecule has 1 aliphatic carbocycles. The molecule has 17 heavy (non-hydrogen) atoms. The Hall–Kier alpha value is -1.32. The second kappa shape index (κ2) is 3.86. The normalized spacial score (nSPS) is 31.6. The summed E-state index contributed by atoms with van der Waals surface area (Å²) in [6.07, 6.45) is 4.13. The first-order chi connectivity index (χ1) is 8.22. The lowest BCUT2D eigenvalue weighted by Gasteiger charge is -2.29. The maximum Gasteiger partial charge on any atom is 0.116 e. The molecule has 0 fully saturated rings. The van der Waals surface area contributed by atoms with Gasteiger partial charge in [0.25, 0.3) is 0 Å². The average molecular weight is 231 g/mol. The third-order valence-electron chi connectivity index (χ3n) is 3.79. The highest BCUT2D eigenvalue weighted by atomic mass is 16.5. The van der Waals surface area contributed by atoms with Crippen LogP contribution in [0.15, 0.2) is 36.1 Å². The molecule has 0 amide bonds. The topological polar surface area (TPSA) is 55.5 Å². The predicted molar refractivity (Wildman–Crippen MR) is 65.2 cm³/mol. The molecule has 0 spiro atoms. The number of fused-ring (bicyclic) bond motifs is 1. The lowest BCUT2D eigenvalue weighted by atomic mass is 9.85. The van der Waals surface area contributed by atoms with Gasteiger partial charge in [0.2, 0.25) is 0 Å². The van der Waals surface area contributed by atoms with Crippen molar-refractivity contribution in [1.82, 2.24) is 0 Å². The second-order valence-electron chi connectivity index (χ2n) is 4.88. The molecule has 3 rings (SSSR count). The smallest absolute Gasteiger partial charge is 0.116 e. The van der Waals surface area contributed by atoms with Gasteiger partial charge < -0.3 is 15.6 Å². The standard InChI is InChI=1S/C14H17NO2/c15-13-8-14(16,10-4-3-7-17-9-10)12-6-2-1-5-11(12)13/h1-2,5-6,9,13,16H,3-4,7-8,15H2. The maximum atomic E-state index is 10.9. The molecule has 2 unspecified atom stereocenters. The SMILES string of the molecule is NC1CC(O)(C2=COCCC2)c2ccccc21. The van der Waals surface area contributed by atoms with E-state index in [1.807, 2.05) is 24.3 Å². The zero-order valence-corrected chi connectivity index (χ0v) is 9.73. The Bertz CT molecular complexity index is 469. The number of aliphatic hydroxyl groups is 1. The number of benzene rings is 1. The second-order valence-corrected chi connectivity index (χ2v) is 4.88. The van der Waals surface area contributed by atoms with Crippen LogP contribution in [0.2, 0.25) is 0 Å². The van der Waals surface area contributed by atoms with Crippen molar-refractivity contribution in [3.05, 3.63) is 47.2 Å². The molecule has 3 nitrogen and oxygen atoms in total. The van der Waals surface area contributed by atoms with E-state index in [1.54, 1.807) is 6.26 Å². The van der Waals surface area contributed by atoms with Crippen molar-refractivity contribution in [2.75, 3.05) is 6.61 Å². The zero-order valence-electron chi connectivity index (χ0n) is 9.73. The number of rotatable bonds is 1. The van der Waals surface area contributed by atoms with Crippen LogP contribution in [-0.4, -0.2) is 11.7 Å². The minimum Gasteiger partial charge on any atom is -0.501 e. The summed E-state index contributed by atoms with van der Waals surface area (Å²) in [5, 5.41) is 10.9. The van der Waals surface area contributed by atoms with E-state index in [4.69, 9.17) is 10.5 Å². The highest BCUT2D eigenvalue weighted by molar-refractivity contribution is 5.45. The quantitative estimate of drug-likeness (QED) is 0.777. The Morgan fingerprint density at radius 1 is 1.35 bits per heavy atom. The summed E-state index contributed by atoms with van der Waals surface area (Å²) in [6.45, 7) is 0.743. The third kappa shape index (κ3) is 1.58. The van der Waals surface area contributed by atoms with Crippen molar-refractivity contribution in [1.29, 1.82) is 0 Å². The minimum absolute atomic E-state index is 0.0842. The fraction of sp³-hybridized carbons (Fsp3) is 0.429. The highest BCUT2D eigenvalue weighted by Crippen LogP contribution is 2.47. The monoisotopic (exact) mass is 231 g/mol. The molecule has 0 saturated carbocycles. The predicted octanol–water partition coefficient (Wildman–Crippen LogP) is 1.97. The molecular weight excluding hydrogens is 214 g/mol. The zero-order chi connectivity index (χ0) is 11.9. The van der Waals surface area contributed by atoms with Crippen molar-refractivity contribution in [3.63, 3.8) is 0 Å². The summed E-state index contributed by atoms with van der Waals surface area (Å²) < 4.78 is 5.35. The Labute approximate surface area is 101 Å². The molecule has 1 aromatic carbocycles. The maximum absolute atomic E-state index is 10.9. The van der Waals surface area contributed by atoms with E-state index in [2.05, 4.69) is 0 Å². The van der Waals surface area contributed by atoms with Gasteiger partial charge in [-0.15, -0.1) is 0 Å². The van der Waals surface area contributed by atoms with Gasteiger partial charge in [-0.25, -0.2) is 0 Å². The summed E-state index contributed by atoms with van der Waals surface area (Å²) in [7, 11) is 0. The van der Waals surface area contributed by atoms with Crippen LogP contribution < -0.4 is 5.73 Å². The molecule has 0 bridgehead atoms. The van der Waals surface area contributed by atoms with Crippen LogP contribution in [-0.2, 0) is 10.3 Å². The molecule has 90 valence electrons. The molecular formula is C14H17NO2. The lowest BCUT2D eigenvalue weighted by Crippen LogP contribution is -2.28. The Kier molecular flexibility index (Phi) is 2.45. The Morgan fingerprint density at radius 2 is 2.18 bits per heavy atom. The van der Waals surface area contributed by atoms with Crippen LogP contribution in [0.1, 0.15) is 36.4 Å². The molecule has 1 heterocycles. The number of nitrogens with two attached hydrogens (primary N) is 1. The van der Waals surface area contributed by atoms with Crippen molar-refractivity contribution in [3.8, 4) is 0 Å². The van der Waals surface area contributed by atoms with Crippen LogP contribution in [0.4, 0.5) is 0 Å². The van der Waals surface area contributed by atoms with E-state index in [-0.39, 0.29) is 6.04 Å². The largest absolute Gasteiger partial charge is 0.501 e. The number of ether oxygens (including phenoxy) is 1. The van der Waals surface area contributed by atoms with Gasteiger partial charge in [-0.05, 0) is 24.0 Å². The van der Waals surface area contributed by atoms with Gasteiger partial charge in [0.05, 0.1) is 12.9 Å². The van der Waals surface area contributed by atoms with Gasteiger partial charge in [0.1, 0.15) is 5.60 Å². The molecule has 1 aromatic rings. The fourth-order valence-corrected chi connectivity index (χ4v) is 2.91. The summed E-state index contributed by atoms with van der Waals surface area (Å²) in [5.74, 6) is 0. The molecule has 3 heteroatoms. The van der Waals surface area contributed by atoms with Crippen molar-refractivity contribution >= 4 is 0 Å². The van der Waals surface area contributed by atoms with Crippen molar-refractivity contribution < 1.29 is 9.84 Å². The number of hydrogen-bond acceptors (Lipinski definition) is 3. The molecule has 2 aliphatic rings. The molecule has 3 N–H and O–H groups in total. The van der Waals surface area contributed by atoms with Gasteiger partial charge in [-0.3, -0.25) is 0 Å². The molecule has 0 saturated heterocycles. The van der Waals surface area contributed by atoms with E-state index in [1.165, 1.54) is 0 Å². The fourth-order valence-electron chi connectivity index (χ4n) is 2.91. The van der Waals surface area contributed by atoms with E-state index in [9.17, 15) is 5.11 Å². The molecule has 2 atom stereocenters. The average Bonchev–Trinajstić information content (AvgIpc) is 2.65. The molecule has 1 aliphatic heterocycles. The van der Waals surface area contributed by atoms with Crippen LogP contribution in [0.3, 0.4) is 0 Å². The Balaban J connectivity index is 2.07. The minimum atomic E-state index is -0.920. The van der Waals surface area contributed by atoms with Gasteiger partial charge in [0, 0.05) is 18.0 Å². The van der Waals surface area contributed by atoms with Gasteiger partial charge in [-0.1, -0.05) is 24.3 Å². The molecule has 0 radical (unpaired) electrons. The highest BCUT2D eigenvalue weighted by Gasteiger charge is 2.43. The Morgan fingerprint density at radius 3 is 2.94 bits per heavy atom. The molecule has 0 aromatic heterocycles. The van der Waals surface area contributed by atoms with Crippen LogP contribution in [0, 0.1) is 0 Å². The third-order valence-corrected chi connectivity index (χ3v) is 3.79. The van der Waals surface area contributed by atoms with E-state index < -0.39 is 5.60 Å². The first-order valence-corrected chi connectivity index (χ1v) is 6.10. The van der Waals surface area contributed by atoms with Crippen molar-refractivity contribution in [2.24, 2.45) is 5.73 Å². The van der Waals surface area contributed by atoms with Gasteiger partial charge in [0.15, 0.2) is 0 Å². The summed E-state index contributed by atoms with van der Waals surface area (Å²) in [5.41, 5.74) is 8.15. The summed E-state index contributed by atoms with van der Waals surface area (Å²) >= 11 is 0. The van der Waals surface area contributed by atoms with Crippen molar-refractivity contribution in [2.45, 2.75) is 30.9 Å². The summed E-state index contributed by atoms with van der Waals surface area (Å²) in [6, 6.07) is 7.81. The van der Waals surface area contributed by atoms with E-state index in [0.717, 1.165) is 36.1 Å². The van der Waals surface area contributed by atoms with Gasteiger partial charge >= 0.3 is 0 Å². The summed E-state index contributed by atoms with van der Waals surface area (Å²) in [4.78, 5) is 0. The first-order valence-electron chi connectivity index (χ1n) is 6.10. The van der Waals surface area contributed by atoms with Gasteiger partial charge in [-0.2, -0.15) is 0 Å². The van der Waals surface area contributed by atoms with Crippen LogP contribution >= 0.6 is 0 Å².